The van der Waals surface area contributed by atoms with E-state index in [4.69, 9.17) is 16.3 Å². The van der Waals surface area contributed by atoms with Gasteiger partial charge in [-0.1, -0.05) is 18.5 Å². The zero-order valence-electron chi connectivity index (χ0n) is 24.3. The lowest BCUT2D eigenvalue weighted by Crippen LogP contribution is -2.50. The first-order valence-electron chi connectivity index (χ1n) is 14.8. The standard InChI is InChI=1S/C33H34ClF2N3O4/c1-3-27-25(33(41)42)16-24-28(37-27)10-13-39(32(24)40)21-8-11-38(12-9-21)17-19-14-23(18-4-5-18)29(30(34)31(19)43-2)22-7-6-20(35)15-26(22)36/h6-7,14-16,18,21H,3-5,8-13,17H2,1-2H3,(H,41,42). The van der Waals surface area contributed by atoms with Crippen LogP contribution < -0.4 is 4.74 Å². The molecular weight excluding hydrogens is 576 g/mol. The number of carbonyl (C=O) groups excluding carboxylic acids is 1. The molecule has 0 atom stereocenters. The van der Waals surface area contributed by atoms with Crippen LogP contribution in [-0.4, -0.2) is 64.6 Å². The van der Waals surface area contributed by atoms with Crippen LogP contribution in [0.5, 0.6) is 5.75 Å². The molecule has 0 spiro atoms. The van der Waals surface area contributed by atoms with E-state index >= 15 is 0 Å². The van der Waals surface area contributed by atoms with Crippen molar-refractivity contribution >= 4 is 23.5 Å². The summed E-state index contributed by atoms with van der Waals surface area (Å²) in [6.45, 7) is 4.52. The molecule has 3 heterocycles. The Hall–Kier alpha value is -3.56. The predicted molar refractivity (Wildman–Crippen MR) is 159 cm³/mol. The molecule has 1 saturated heterocycles. The number of ether oxygens (including phenoxy) is 1. The largest absolute Gasteiger partial charge is 0.495 e. The van der Waals surface area contributed by atoms with Crippen molar-refractivity contribution in [1.82, 2.24) is 14.8 Å². The number of aromatic carboxylic acids is 1. The van der Waals surface area contributed by atoms with E-state index in [-0.39, 0.29) is 29.0 Å². The lowest BCUT2D eigenvalue weighted by atomic mass is 9.92. The molecule has 1 N–H and O–H groups in total. The molecule has 1 saturated carbocycles. The van der Waals surface area contributed by atoms with Gasteiger partial charge in [-0.25, -0.2) is 13.6 Å². The molecule has 2 aromatic carbocycles. The van der Waals surface area contributed by atoms with Crippen molar-refractivity contribution in [2.24, 2.45) is 0 Å². The Bertz CT molecular complexity index is 1600. The number of carboxylic acid groups (broad SMARTS) is 1. The summed E-state index contributed by atoms with van der Waals surface area (Å²) in [5.74, 6) is -1.76. The third-order valence-corrected chi connectivity index (χ3v) is 9.33. The Morgan fingerprint density at radius 1 is 1.09 bits per heavy atom. The maximum absolute atomic E-state index is 14.9. The van der Waals surface area contributed by atoms with Crippen molar-refractivity contribution in [3.05, 3.63) is 80.6 Å². The molecule has 7 nitrogen and oxygen atoms in total. The third-order valence-electron chi connectivity index (χ3n) is 8.97. The molecule has 6 rings (SSSR count). The van der Waals surface area contributed by atoms with Crippen LogP contribution in [0.3, 0.4) is 0 Å². The zero-order chi connectivity index (χ0) is 30.4. The number of fused-ring (bicyclic) bond motifs is 1. The third kappa shape index (κ3) is 5.60. The highest BCUT2D eigenvalue weighted by Gasteiger charge is 2.35. The summed E-state index contributed by atoms with van der Waals surface area (Å²) in [7, 11) is 1.55. The average Bonchev–Trinajstić information content (AvgIpc) is 3.83. The van der Waals surface area contributed by atoms with Gasteiger partial charge < -0.3 is 14.7 Å². The summed E-state index contributed by atoms with van der Waals surface area (Å²) in [4.78, 5) is 34.0. The van der Waals surface area contributed by atoms with Crippen LogP contribution in [0.1, 0.15) is 81.8 Å². The summed E-state index contributed by atoms with van der Waals surface area (Å²) in [6, 6.07) is 7.17. The molecule has 43 heavy (non-hydrogen) atoms. The minimum Gasteiger partial charge on any atom is -0.495 e. The van der Waals surface area contributed by atoms with Gasteiger partial charge in [0.2, 0.25) is 0 Å². The molecule has 10 heteroatoms. The monoisotopic (exact) mass is 609 g/mol. The van der Waals surface area contributed by atoms with E-state index in [1.807, 2.05) is 11.8 Å². The van der Waals surface area contributed by atoms with Gasteiger partial charge >= 0.3 is 5.97 Å². The molecule has 1 aliphatic carbocycles. The molecule has 0 bridgehead atoms. The minimum atomic E-state index is -1.07. The summed E-state index contributed by atoms with van der Waals surface area (Å²) < 4.78 is 34.3. The van der Waals surface area contributed by atoms with Crippen LogP contribution in [0.25, 0.3) is 11.1 Å². The van der Waals surface area contributed by atoms with E-state index in [0.717, 1.165) is 56.0 Å². The van der Waals surface area contributed by atoms with Crippen molar-refractivity contribution < 1.29 is 28.2 Å². The number of benzene rings is 2. The number of carboxylic acids is 1. The Morgan fingerprint density at radius 2 is 1.84 bits per heavy atom. The van der Waals surface area contributed by atoms with Crippen LogP contribution in [0.4, 0.5) is 8.78 Å². The molecule has 0 unspecified atom stereocenters. The first-order valence-corrected chi connectivity index (χ1v) is 15.2. The average molecular weight is 610 g/mol. The number of hydrogen-bond acceptors (Lipinski definition) is 5. The van der Waals surface area contributed by atoms with E-state index in [1.54, 1.807) is 7.11 Å². The van der Waals surface area contributed by atoms with Gasteiger partial charge in [0, 0.05) is 61.4 Å². The topological polar surface area (TPSA) is 83.0 Å². The fourth-order valence-electron chi connectivity index (χ4n) is 6.61. The van der Waals surface area contributed by atoms with Crippen molar-refractivity contribution in [1.29, 1.82) is 0 Å². The fourth-order valence-corrected chi connectivity index (χ4v) is 7.02. The molecule has 2 aliphatic heterocycles. The number of amides is 1. The lowest BCUT2D eigenvalue weighted by Gasteiger charge is -2.40. The van der Waals surface area contributed by atoms with Gasteiger partial charge in [-0.15, -0.1) is 0 Å². The maximum atomic E-state index is 14.9. The van der Waals surface area contributed by atoms with Gasteiger partial charge in [0.25, 0.3) is 5.91 Å². The number of pyridine rings is 1. The van der Waals surface area contributed by atoms with Crippen LogP contribution in [0, 0.1) is 11.6 Å². The first kappa shape index (κ1) is 29.5. The summed E-state index contributed by atoms with van der Waals surface area (Å²) in [5.41, 5.74) is 4.39. The van der Waals surface area contributed by atoms with Gasteiger partial charge in [-0.2, -0.15) is 0 Å². The van der Waals surface area contributed by atoms with E-state index in [9.17, 15) is 23.5 Å². The number of aromatic nitrogens is 1. The van der Waals surface area contributed by atoms with E-state index < -0.39 is 17.6 Å². The number of rotatable bonds is 8. The number of halogens is 3. The Balaban J connectivity index is 1.19. The predicted octanol–water partition coefficient (Wildman–Crippen LogP) is 6.49. The Labute approximate surface area is 254 Å². The molecule has 0 radical (unpaired) electrons. The number of likely N-dealkylation sites (tertiary alicyclic amines) is 1. The normalized spacial score (nSPS) is 17.7. The quantitative estimate of drug-likeness (QED) is 0.314. The number of carbonyl (C=O) groups is 2. The first-order chi connectivity index (χ1) is 20.7. The van der Waals surface area contributed by atoms with Crippen molar-refractivity contribution in [2.75, 3.05) is 26.7 Å². The van der Waals surface area contributed by atoms with E-state index in [0.29, 0.717) is 59.2 Å². The highest BCUT2D eigenvalue weighted by molar-refractivity contribution is 6.35. The van der Waals surface area contributed by atoms with Crippen LogP contribution in [0.15, 0.2) is 30.3 Å². The molecule has 1 aromatic heterocycles. The molecular formula is C33H34ClF2N3O4. The maximum Gasteiger partial charge on any atom is 0.337 e. The Kier molecular flexibility index (Phi) is 8.13. The van der Waals surface area contributed by atoms with E-state index in [1.165, 1.54) is 18.2 Å². The van der Waals surface area contributed by atoms with Crippen molar-refractivity contribution in [2.45, 2.75) is 64.0 Å². The second-order valence-electron chi connectivity index (χ2n) is 11.6. The number of piperidine rings is 1. The van der Waals surface area contributed by atoms with Crippen molar-refractivity contribution in [3.63, 3.8) is 0 Å². The van der Waals surface area contributed by atoms with Gasteiger partial charge in [0.1, 0.15) is 17.4 Å². The summed E-state index contributed by atoms with van der Waals surface area (Å²) in [6.07, 6.45) is 4.62. The highest BCUT2D eigenvalue weighted by atomic mass is 35.5. The lowest BCUT2D eigenvalue weighted by molar-refractivity contribution is 0.0543. The fraction of sp³-hybridized carbons (Fsp3) is 0.424. The van der Waals surface area contributed by atoms with Gasteiger partial charge in [0.15, 0.2) is 0 Å². The summed E-state index contributed by atoms with van der Waals surface area (Å²) in [5, 5.41) is 9.97. The Morgan fingerprint density at radius 3 is 2.47 bits per heavy atom. The van der Waals surface area contributed by atoms with Gasteiger partial charge in [-0.3, -0.25) is 14.7 Å². The molecule has 3 aromatic rings. The number of aryl methyl sites for hydroxylation is 1. The number of hydrogen-bond donors (Lipinski definition) is 1. The second kappa shape index (κ2) is 11.8. The van der Waals surface area contributed by atoms with E-state index in [2.05, 4.69) is 16.0 Å². The number of nitrogens with zero attached hydrogens (tertiary/aromatic N) is 3. The minimum absolute atomic E-state index is 0.0485. The molecule has 3 aliphatic rings. The van der Waals surface area contributed by atoms with Crippen molar-refractivity contribution in [3.8, 4) is 16.9 Å². The van der Waals surface area contributed by atoms with Gasteiger partial charge in [0.05, 0.1) is 34.6 Å². The van der Waals surface area contributed by atoms with Crippen LogP contribution >= 0.6 is 11.6 Å². The molecule has 2 fully saturated rings. The zero-order valence-corrected chi connectivity index (χ0v) is 25.0. The van der Waals surface area contributed by atoms with Crippen LogP contribution in [0.2, 0.25) is 5.02 Å². The van der Waals surface area contributed by atoms with Gasteiger partial charge in [-0.05, 0) is 67.9 Å². The molecule has 1 amide bonds. The summed E-state index contributed by atoms with van der Waals surface area (Å²) >= 11 is 6.90. The SMILES string of the molecule is CCc1nc2c(cc1C(=O)O)C(=O)N(C1CCN(Cc3cc(C4CC4)c(-c4ccc(F)cc4F)c(Cl)c3OC)CC1)CC2. The highest BCUT2D eigenvalue weighted by Crippen LogP contribution is 2.51. The number of methoxy groups -OCH3 is 1. The smallest absolute Gasteiger partial charge is 0.337 e. The van der Waals surface area contributed by atoms with Crippen LogP contribution in [-0.2, 0) is 19.4 Å². The second-order valence-corrected chi connectivity index (χ2v) is 12.0. The molecule has 226 valence electrons.